The Labute approximate surface area is 146 Å². The van der Waals surface area contributed by atoms with Gasteiger partial charge >= 0.3 is 5.97 Å². The van der Waals surface area contributed by atoms with Crippen LogP contribution in [0, 0.1) is 20.8 Å². The molecule has 1 aromatic heterocycles. The number of carbonyl (C=O) groups excluding carboxylic acids is 2. The van der Waals surface area contributed by atoms with Crippen molar-refractivity contribution < 1.29 is 14.3 Å². The lowest BCUT2D eigenvalue weighted by atomic mass is 10.00. The van der Waals surface area contributed by atoms with Gasteiger partial charge in [0.05, 0.1) is 11.3 Å². The number of carbonyl (C=O) groups is 2. The summed E-state index contributed by atoms with van der Waals surface area (Å²) in [6, 6.07) is 7.08. The van der Waals surface area contributed by atoms with Gasteiger partial charge < -0.3 is 10.1 Å². The van der Waals surface area contributed by atoms with Crippen molar-refractivity contribution in [3.63, 3.8) is 0 Å². The summed E-state index contributed by atoms with van der Waals surface area (Å²) in [5.41, 5.74) is 3.56. The molecule has 1 heterocycles. The fourth-order valence-corrected chi connectivity index (χ4v) is 2.66. The number of aryl methyl sites for hydroxylation is 3. The molecule has 0 saturated carbocycles. The number of halogens is 1. The van der Waals surface area contributed by atoms with E-state index in [2.05, 4.69) is 10.3 Å². The summed E-state index contributed by atoms with van der Waals surface area (Å²) < 4.78 is 5.30. The molecule has 0 aliphatic heterocycles. The highest BCUT2D eigenvalue weighted by Crippen LogP contribution is 2.20. The van der Waals surface area contributed by atoms with Gasteiger partial charge in [-0.05, 0) is 51.0 Å². The number of amides is 1. The summed E-state index contributed by atoms with van der Waals surface area (Å²) in [7, 11) is 0. The first-order chi connectivity index (χ1) is 11.3. The Morgan fingerprint density at radius 3 is 2.42 bits per heavy atom. The van der Waals surface area contributed by atoms with E-state index in [0.29, 0.717) is 11.3 Å². The number of hydrogen-bond acceptors (Lipinski definition) is 4. The average Bonchev–Trinajstić information content (AvgIpc) is 2.48. The summed E-state index contributed by atoms with van der Waals surface area (Å²) in [6.07, 6.45) is 0.554. The second-order valence-corrected chi connectivity index (χ2v) is 6.01. The van der Waals surface area contributed by atoms with Gasteiger partial charge in [0.2, 0.25) is 0 Å². The number of pyridine rings is 1. The van der Waals surface area contributed by atoms with Crippen LogP contribution in [0.25, 0.3) is 0 Å². The van der Waals surface area contributed by atoms with Crippen LogP contribution in [0.5, 0.6) is 0 Å². The number of benzene rings is 1. The Hall–Kier alpha value is -2.40. The first-order valence-corrected chi connectivity index (χ1v) is 7.87. The van der Waals surface area contributed by atoms with Crippen molar-refractivity contribution in [2.45, 2.75) is 33.8 Å². The summed E-state index contributed by atoms with van der Waals surface area (Å²) in [6.45, 7) is 7.16. The highest BCUT2D eigenvalue weighted by Gasteiger charge is 2.22. The van der Waals surface area contributed by atoms with E-state index in [-0.39, 0.29) is 5.15 Å². The van der Waals surface area contributed by atoms with Crippen molar-refractivity contribution in [3.8, 4) is 0 Å². The lowest BCUT2D eigenvalue weighted by molar-refractivity contribution is -0.123. The summed E-state index contributed by atoms with van der Waals surface area (Å²) >= 11 is 5.90. The van der Waals surface area contributed by atoms with Crippen LogP contribution >= 0.6 is 11.6 Å². The van der Waals surface area contributed by atoms with E-state index in [4.69, 9.17) is 16.3 Å². The van der Waals surface area contributed by atoms with Crippen molar-refractivity contribution in [2.24, 2.45) is 0 Å². The number of nitrogens with one attached hydrogen (secondary N) is 1. The number of hydrogen-bond donors (Lipinski definition) is 1. The first-order valence-electron chi connectivity index (χ1n) is 7.49. The van der Waals surface area contributed by atoms with Crippen LogP contribution in [0.3, 0.4) is 0 Å². The third kappa shape index (κ3) is 4.11. The minimum absolute atomic E-state index is 0.176. The summed E-state index contributed by atoms with van der Waals surface area (Å²) in [5, 5.41) is 2.77. The quantitative estimate of drug-likeness (QED) is 0.674. The van der Waals surface area contributed by atoms with Gasteiger partial charge in [-0.2, -0.15) is 0 Å². The molecule has 2 aromatic rings. The van der Waals surface area contributed by atoms with Gasteiger partial charge in [0.25, 0.3) is 5.91 Å². The molecule has 1 amide bonds. The monoisotopic (exact) mass is 346 g/mol. The fourth-order valence-electron chi connectivity index (χ4n) is 2.49. The maximum atomic E-state index is 12.4. The Morgan fingerprint density at radius 1 is 1.21 bits per heavy atom. The van der Waals surface area contributed by atoms with Gasteiger partial charge in [-0.3, -0.25) is 4.79 Å². The number of rotatable bonds is 4. The van der Waals surface area contributed by atoms with E-state index < -0.39 is 18.0 Å². The molecule has 0 radical (unpaired) electrons. The average molecular weight is 347 g/mol. The molecule has 1 aromatic carbocycles. The summed E-state index contributed by atoms with van der Waals surface area (Å²) in [4.78, 5) is 28.4. The molecule has 1 N–H and O–H groups in total. The van der Waals surface area contributed by atoms with Crippen molar-refractivity contribution in [3.05, 3.63) is 57.9 Å². The Bertz CT molecular complexity index is 767. The SMILES string of the molecule is Cc1cc(C)c(C(=O)OC(C)C(=O)Nc2cccnc2Cl)c(C)c1. The zero-order valence-corrected chi connectivity index (χ0v) is 14.8. The van der Waals surface area contributed by atoms with E-state index in [1.54, 1.807) is 12.1 Å². The minimum Gasteiger partial charge on any atom is -0.449 e. The fraction of sp³-hybridized carbons (Fsp3) is 0.278. The number of aromatic nitrogens is 1. The second-order valence-electron chi connectivity index (χ2n) is 5.65. The smallest absolute Gasteiger partial charge is 0.339 e. The third-order valence-electron chi connectivity index (χ3n) is 3.55. The predicted molar refractivity (Wildman–Crippen MR) is 93.4 cm³/mol. The van der Waals surface area contributed by atoms with Crippen LogP contribution in [0.4, 0.5) is 5.69 Å². The first kappa shape index (κ1) is 17.9. The largest absolute Gasteiger partial charge is 0.449 e. The lowest BCUT2D eigenvalue weighted by Gasteiger charge is -2.16. The standard InChI is InChI=1S/C18H19ClN2O3/c1-10-8-11(2)15(12(3)9-10)18(23)24-13(4)17(22)21-14-6-5-7-20-16(14)19/h5-9,13H,1-4H3,(H,21,22). The van der Waals surface area contributed by atoms with Gasteiger partial charge in [0.15, 0.2) is 11.3 Å². The van der Waals surface area contributed by atoms with E-state index in [0.717, 1.165) is 16.7 Å². The van der Waals surface area contributed by atoms with Crippen molar-refractivity contribution in [2.75, 3.05) is 5.32 Å². The molecule has 0 spiro atoms. The van der Waals surface area contributed by atoms with Crippen LogP contribution in [0.2, 0.25) is 5.15 Å². The number of ether oxygens (including phenoxy) is 1. The highest BCUT2D eigenvalue weighted by molar-refractivity contribution is 6.32. The molecule has 1 unspecified atom stereocenters. The molecular weight excluding hydrogens is 328 g/mol. The highest BCUT2D eigenvalue weighted by atomic mass is 35.5. The van der Waals surface area contributed by atoms with Crippen LogP contribution in [-0.4, -0.2) is 23.0 Å². The number of esters is 1. The second kappa shape index (κ2) is 7.45. The van der Waals surface area contributed by atoms with Gasteiger partial charge in [-0.1, -0.05) is 29.3 Å². The predicted octanol–water partition coefficient (Wildman–Crippen LogP) is 3.84. The Morgan fingerprint density at radius 2 is 1.83 bits per heavy atom. The van der Waals surface area contributed by atoms with Crippen molar-refractivity contribution in [1.29, 1.82) is 0 Å². The van der Waals surface area contributed by atoms with E-state index in [1.807, 2.05) is 32.9 Å². The third-order valence-corrected chi connectivity index (χ3v) is 3.85. The van der Waals surface area contributed by atoms with E-state index >= 15 is 0 Å². The van der Waals surface area contributed by atoms with Crippen LogP contribution in [-0.2, 0) is 9.53 Å². The molecular formula is C18H19ClN2O3. The molecule has 0 bridgehead atoms. The molecule has 24 heavy (non-hydrogen) atoms. The van der Waals surface area contributed by atoms with Gasteiger partial charge in [-0.25, -0.2) is 9.78 Å². The topological polar surface area (TPSA) is 68.3 Å². The van der Waals surface area contributed by atoms with Crippen LogP contribution in [0.1, 0.15) is 34.0 Å². The Balaban J connectivity index is 2.09. The van der Waals surface area contributed by atoms with Gasteiger partial charge in [-0.15, -0.1) is 0 Å². The Kier molecular flexibility index (Phi) is 5.57. The molecule has 0 saturated heterocycles. The van der Waals surface area contributed by atoms with Crippen molar-refractivity contribution in [1.82, 2.24) is 4.98 Å². The molecule has 0 fully saturated rings. The van der Waals surface area contributed by atoms with E-state index in [1.165, 1.54) is 13.1 Å². The van der Waals surface area contributed by atoms with Crippen LogP contribution < -0.4 is 5.32 Å². The molecule has 0 aliphatic carbocycles. The lowest BCUT2D eigenvalue weighted by Crippen LogP contribution is -2.30. The van der Waals surface area contributed by atoms with Gasteiger partial charge in [0.1, 0.15) is 0 Å². The molecule has 1 atom stereocenters. The normalized spacial score (nSPS) is 11.7. The molecule has 0 aliphatic rings. The maximum absolute atomic E-state index is 12.4. The molecule has 6 heteroatoms. The molecule has 126 valence electrons. The zero-order valence-electron chi connectivity index (χ0n) is 14.0. The van der Waals surface area contributed by atoms with E-state index in [9.17, 15) is 9.59 Å². The van der Waals surface area contributed by atoms with Crippen molar-refractivity contribution >= 4 is 29.2 Å². The van der Waals surface area contributed by atoms with Gasteiger partial charge in [0, 0.05) is 6.20 Å². The van der Waals surface area contributed by atoms with Crippen LogP contribution in [0.15, 0.2) is 30.5 Å². The molecule has 2 rings (SSSR count). The maximum Gasteiger partial charge on any atom is 0.339 e. The number of nitrogens with zero attached hydrogens (tertiary/aromatic N) is 1. The summed E-state index contributed by atoms with van der Waals surface area (Å²) in [5.74, 6) is -0.995. The molecule has 5 nitrogen and oxygen atoms in total. The zero-order chi connectivity index (χ0) is 17.9. The minimum atomic E-state index is -0.964. The number of anilines is 1.